The molecule has 0 atom stereocenters. The Balaban J connectivity index is 2.26. The van der Waals surface area contributed by atoms with Crippen LogP contribution in [0.4, 0.5) is 5.69 Å². The Hall–Kier alpha value is -2.74. The van der Waals surface area contributed by atoms with Gasteiger partial charge in [0.2, 0.25) is 0 Å². The molecular weight excluding hydrogens is 316 g/mol. The van der Waals surface area contributed by atoms with E-state index in [1.54, 1.807) is 32.3 Å². The Morgan fingerprint density at radius 3 is 2.17 bits per heavy atom. The molecule has 2 aromatic carbocycles. The standard InChI is InChI=1S/C15H16N4O3S/c1-19(2)18-16-13-8-10-14(11-9-13)23(21,22)17-15(20)12-6-4-3-5-7-12/h3-11H,1-2H3,(H,17,20)/p-1. The molecule has 0 aliphatic rings. The number of rotatable bonds is 5. The molecule has 0 N–H and O–H groups in total. The van der Waals surface area contributed by atoms with Gasteiger partial charge < -0.3 is 5.11 Å². The molecule has 0 unspecified atom stereocenters. The average Bonchev–Trinajstić information content (AvgIpc) is 2.53. The first kappa shape index (κ1) is 16.6. The van der Waals surface area contributed by atoms with E-state index in [0.717, 1.165) is 0 Å². The minimum absolute atomic E-state index is 0.0782. The zero-order valence-electron chi connectivity index (χ0n) is 12.6. The molecule has 0 aliphatic heterocycles. The fourth-order valence-corrected chi connectivity index (χ4v) is 2.53. The SMILES string of the molecule is CN(C)N=Nc1ccc(S(=O)(=O)/N=C(\[O-])c2ccccc2)cc1. The van der Waals surface area contributed by atoms with Gasteiger partial charge in [0.1, 0.15) is 0 Å². The Labute approximate surface area is 134 Å². The van der Waals surface area contributed by atoms with Gasteiger partial charge in [-0.1, -0.05) is 35.6 Å². The minimum Gasteiger partial charge on any atom is -0.858 e. The third-order valence-electron chi connectivity index (χ3n) is 2.70. The molecule has 0 radical (unpaired) electrons. The van der Waals surface area contributed by atoms with Crippen molar-refractivity contribution >= 4 is 21.6 Å². The van der Waals surface area contributed by atoms with Gasteiger partial charge in [0.05, 0.1) is 10.6 Å². The summed E-state index contributed by atoms with van der Waals surface area (Å²) in [7, 11) is -0.626. The Morgan fingerprint density at radius 1 is 1.00 bits per heavy atom. The Kier molecular flexibility index (Phi) is 5.07. The normalized spacial score (nSPS) is 12.5. The molecule has 23 heavy (non-hydrogen) atoms. The van der Waals surface area contributed by atoms with Gasteiger partial charge in [-0.25, -0.2) is 0 Å². The third kappa shape index (κ3) is 4.62. The summed E-state index contributed by atoms with van der Waals surface area (Å²) in [5.41, 5.74) is 0.708. The molecular formula is C15H15N4O3S-. The molecule has 7 nitrogen and oxygen atoms in total. The zero-order chi connectivity index (χ0) is 16.9. The van der Waals surface area contributed by atoms with Crippen molar-refractivity contribution in [2.45, 2.75) is 4.90 Å². The molecule has 0 aromatic heterocycles. The van der Waals surface area contributed by atoms with Crippen LogP contribution in [0.15, 0.2) is 74.2 Å². The maximum atomic E-state index is 12.1. The van der Waals surface area contributed by atoms with Gasteiger partial charge >= 0.3 is 0 Å². The lowest BCUT2D eigenvalue weighted by atomic mass is 10.2. The van der Waals surface area contributed by atoms with Crippen LogP contribution in [0.2, 0.25) is 0 Å². The quantitative estimate of drug-likeness (QED) is 0.361. The lowest BCUT2D eigenvalue weighted by Gasteiger charge is -2.10. The van der Waals surface area contributed by atoms with Crippen molar-refractivity contribution in [2.24, 2.45) is 14.7 Å². The largest absolute Gasteiger partial charge is 0.858 e. The van der Waals surface area contributed by atoms with Gasteiger partial charge in [-0.3, -0.25) is 5.01 Å². The summed E-state index contributed by atoms with van der Waals surface area (Å²) in [5, 5.41) is 21.1. The highest BCUT2D eigenvalue weighted by molar-refractivity contribution is 7.90. The molecule has 0 fully saturated rings. The third-order valence-corrected chi connectivity index (χ3v) is 3.97. The van der Waals surface area contributed by atoms with Crippen molar-refractivity contribution < 1.29 is 13.5 Å². The maximum absolute atomic E-state index is 12.1. The van der Waals surface area contributed by atoms with Crippen molar-refractivity contribution in [3.05, 3.63) is 60.2 Å². The predicted molar refractivity (Wildman–Crippen MR) is 84.8 cm³/mol. The van der Waals surface area contributed by atoms with E-state index in [1.165, 1.54) is 41.4 Å². The van der Waals surface area contributed by atoms with Gasteiger partial charge in [0, 0.05) is 20.0 Å². The van der Waals surface area contributed by atoms with Gasteiger partial charge in [-0.2, -0.15) is 12.8 Å². The van der Waals surface area contributed by atoms with Gasteiger partial charge in [-0.15, -0.1) is 5.11 Å². The monoisotopic (exact) mass is 331 g/mol. The molecule has 0 bridgehead atoms. The summed E-state index contributed by atoms with van der Waals surface area (Å²) >= 11 is 0. The van der Waals surface area contributed by atoms with Crippen molar-refractivity contribution in [1.82, 2.24) is 5.01 Å². The summed E-state index contributed by atoms with van der Waals surface area (Å²) in [4.78, 5) is -0.0782. The summed E-state index contributed by atoms with van der Waals surface area (Å²) in [6.07, 6.45) is 0. The van der Waals surface area contributed by atoms with E-state index in [1.807, 2.05) is 0 Å². The minimum atomic E-state index is -4.06. The first-order valence-electron chi connectivity index (χ1n) is 6.65. The second-order valence-electron chi connectivity index (χ2n) is 4.77. The zero-order valence-corrected chi connectivity index (χ0v) is 13.4. The van der Waals surface area contributed by atoms with Gasteiger partial charge in [-0.05, 0) is 29.8 Å². The van der Waals surface area contributed by atoms with E-state index in [2.05, 4.69) is 14.7 Å². The van der Waals surface area contributed by atoms with Crippen molar-refractivity contribution in [2.75, 3.05) is 14.1 Å². The highest BCUT2D eigenvalue weighted by atomic mass is 32.2. The van der Waals surface area contributed by atoms with Crippen LogP contribution in [0.1, 0.15) is 5.56 Å². The summed E-state index contributed by atoms with van der Waals surface area (Å²) in [5.74, 6) is -0.804. The predicted octanol–water partition coefficient (Wildman–Crippen LogP) is 1.74. The van der Waals surface area contributed by atoms with Crippen molar-refractivity contribution in [3.63, 3.8) is 0 Å². The van der Waals surface area contributed by atoms with Crippen LogP contribution < -0.4 is 5.11 Å². The van der Waals surface area contributed by atoms with E-state index in [-0.39, 0.29) is 10.5 Å². The average molecular weight is 331 g/mol. The van der Waals surface area contributed by atoms with Crippen LogP contribution in [0.25, 0.3) is 0 Å². The highest BCUT2D eigenvalue weighted by Gasteiger charge is 2.12. The topological polar surface area (TPSA) is 97.5 Å². The molecule has 0 amide bonds. The van der Waals surface area contributed by atoms with Gasteiger partial charge in [0.25, 0.3) is 10.0 Å². The lowest BCUT2D eigenvalue weighted by Crippen LogP contribution is -2.20. The van der Waals surface area contributed by atoms with E-state index in [9.17, 15) is 13.5 Å². The molecule has 0 saturated heterocycles. The van der Waals surface area contributed by atoms with Crippen LogP contribution in [-0.2, 0) is 10.0 Å². The molecule has 8 heteroatoms. The second kappa shape index (κ2) is 7.01. The second-order valence-corrected chi connectivity index (χ2v) is 6.37. The highest BCUT2D eigenvalue weighted by Crippen LogP contribution is 2.19. The number of hydrogen-bond donors (Lipinski definition) is 0. The molecule has 0 saturated carbocycles. The molecule has 2 aromatic rings. The van der Waals surface area contributed by atoms with Crippen LogP contribution in [0, 0.1) is 0 Å². The molecule has 0 heterocycles. The number of hydrogen-bond acceptors (Lipinski definition) is 5. The fraction of sp³-hybridized carbons (Fsp3) is 0.133. The first-order chi connectivity index (χ1) is 10.9. The fourth-order valence-electron chi connectivity index (χ4n) is 1.62. The molecule has 0 spiro atoms. The molecule has 120 valence electrons. The Morgan fingerprint density at radius 2 is 1.61 bits per heavy atom. The first-order valence-corrected chi connectivity index (χ1v) is 8.09. The number of sulfonamides is 1. The van der Waals surface area contributed by atoms with Crippen molar-refractivity contribution in [3.8, 4) is 0 Å². The summed E-state index contributed by atoms with van der Waals surface area (Å²) in [6, 6.07) is 13.7. The van der Waals surface area contributed by atoms with E-state index in [0.29, 0.717) is 5.69 Å². The smallest absolute Gasteiger partial charge is 0.281 e. The van der Waals surface area contributed by atoms with E-state index >= 15 is 0 Å². The molecule has 2 rings (SSSR count). The van der Waals surface area contributed by atoms with Crippen LogP contribution >= 0.6 is 0 Å². The van der Waals surface area contributed by atoms with Crippen LogP contribution in [0.5, 0.6) is 0 Å². The summed E-state index contributed by atoms with van der Waals surface area (Å²) < 4.78 is 27.6. The lowest BCUT2D eigenvalue weighted by molar-refractivity contribution is -0.212. The number of benzene rings is 2. The Bertz CT molecular complexity index is 814. The van der Waals surface area contributed by atoms with Crippen LogP contribution in [0.3, 0.4) is 0 Å². The van der Waals surface area contributed by atoms with E-state index in [4.69, 9.17) is 0 Å². The van der Waals surface area contributed by atoms with Crippen LogP contribution in [-0.4, -0.2) is 33.4 Å². The van der Waals surface area contributed by atoms with E-state index < -0.39 is 15.9 Å². The maximum Gasteiger partial charge on any atom is 0.281 e. The van der Waals surface area contributed by atoms with Crippen molar-refractivity contribution in [1.29, 1.82) is 0 Å². The molecule has 0 aliphatic carbocycles. The van der Waals surface area contributed by atoms with Gasteiger partial charge in [0.15, 0.2) is 0 Å². The number of nitrogens with zero attached hydrogens (tertiary/aromatic N) is 4. The summed E-state index contributed by atoms with van der Waals surface area (Å²) in [6.45, 7) is 0.